The van der Waals surface area contributed by atoms with Crippen molar-refractivity contribution in [1.82, 2.24) is 10.2 Å². The minimum atomic E-state index is -0.356. The van der Waals surface area contributed by atoms with Gasteiger partial charge in [-0.05, 0) is 12.1 Å². The van der Waals surface area contributed by atoms with E-state index in [-0.39, 0.29) is 18.3 Å². The molecule has 8 heteroatoms. The number of ether oxygens (including phenoxy) is 1. The smallest absolute Gasteiger partial charge is 0.267 e. The van der Waals surface area contributed by atoms with Gasteiger partial charge in [0.15, 0.2) is 0 Å². The van der Waals surface area contributed by atoms with Crippen molar-refractivity contribution in [2.45, 2.75) is 6.61 Å². The zero-order valence-electron chi connectivity index (χ0n) is 10.9. The van der Waals surface area contributed by atoms with Gasteiger partial charge in [0.2, 0.25) is 5.13 Å². The van der Waals surface area contributed by atoms with Crippen LogP contribution in [0.3, 0.4) is 0 Å². The normalized spacial score (nSPS) is 11.0. The minimum absolute atomic E-state index is 0.166. The molecule has 108 valence electrons. The van der Waals surface area contributed by atoms with E-state index in [4.69, 9.17) is 4.74 Å². The molecule has 0 saturated heterocycles. The molecule has 0 fully saturated rings. The van der Waals surface area contributed by atoms with E-state index in [0.717, 1.165) is 0 Å². The molecule has 0 aliphatic rings. The number of nitrogens with one attached hydrogen (secondary N) is 1. The summed E-state index contributed by atoms with van der Waals surface area (Å²) in [6, 6.07) is 4.78. The minimum Gasteiger partial charge on any atom is -0.380 e. The predicted octanol–water partition coefficient (Wildman–Crippen LogP) is 3.29. The molecule has 0 saturated carbocycles. The van der Waals surface area contributed by atoms with Crippen LogP contribution in [0.15, 0.2) is 23.7 Å². The van der Waals surface area contributed by atoms with Crippen LogP contribution in [0.1, 0.15) is 15.2 Å². The maximum absolute atomic E-state index is 14.0. The van der Waals surface area contributed by atoms with Crippen molar-refractivity contribution in [1.29, 1.82) is 0 Å². The van der Waals surface area contributed by atoms with Gasteiger partial charge in [0, 0.05) is 22.8 Å². The number of carbonyl (C=O) groups is 1. The Morgan fingerprint density at radius 1 is 1.48 bits per heavy atom. The fourth-order valence-electron chi connectivity index (χ4n) is 2.01. The molecule has 3 rings (SSSR count). The van der Waals surface area contributed by atoms with Crippen LogP contribution in [-0.2, 0) is 11.3 Å². The van der Waals surface area contributed by atoms with E-state index < -0.39 is 0 Å². The molecule has 1 amide bonds. The molecule has 0 aliphatic heterocycles. The van der Waals surface area contributed by atoms with E-state index in [1.807, 2.05) is 0 Å². The molecule has 0 radical (unpaired) electrons. The molecule has 2 heterocycles. The van der Waals surface area contributed by atoms with Crippen molar-refractivity contribution in [3.05, 3.63) is 40.0 Å². The average molecular weight is 323 g/mol. The van der Waals surface area contributed by atoms with Gasteiger partial charge < -0.3 is 4.74 Å². The fraction of sp³-hybridized carbons (Fsp3) is 0.154. The van der Waals surface area contributed by atoms with Gasteiger partial charge in [0.25, 0.3) is 5.91 Å². The van der Waals surface area contributed by atoms with Crippen molar-refractivity contribution in [3.63, 3.8) is 0 Å². The first kappa shape index (κ1) is 14.1. The maximum Gasteiger partial charge on any atom is 0.267 e. The van der Waals surface area contributed by atoms with Crippen LogP contribution in [0.4, 0.5) is 9.52 Å². The maximum atomic E-state index is 14.0. The van der Waals surface area contributed by atoms with Gasteiger partial charge >= 0.3 is 0 Å². The number of thiophene rings is 1. The number of anilines is 1. The first-order chi connectivity index (χ1) is 10.2. The topological polar surface area (TPSA) is 64.1 Å². The van der Waals surface area contributed by atoms with Gasteiger partial charge in [-0.25, -0.2) is 4.39 Å². The van der Waals surface area contributed by atoms with Gasteiger partial charge in [-0.3, -0.25) is 10.1 Å². The molecule has 3 aromatic rings. The lowest BCUT2D eigenvalue weighted by Crippen LogP contribution is -2.12. The monoisotopic (exact) mass is 323 g/mol. The number of benzene rings is 1. The third-order valence-corrected chi connectivity index (χ3v) is 4.64. The highest BCUT2D eigenvalue weighted by Crippen LogP contribution is 2.34. The number of rotatable bonds is 4. The van der Waals surface area contributed by atoms with Gasteiger partial charge in [-0.1, -0.05) is 17.4 Å². The number of nitrogens with zero attached hydrogens (tertiary/aromatic N) is 2. The molecule has 0 aliphatic carbocycles. The highest BCUT2D eigenvalue weighted by Gasteiger charge is 2.21. The van der Waals surface area contributed by atoms with Crippen molar-refractivity contribution in [3.8, 4) is 0 Å². The third-order valence-electron chi connectivity index (χ3n) is 2.84. The largest absolute Gasteiger partial charge is 0.380 e. The van der Waals surface area contributed by atoms with E-state index in [1.54, 1.807) is 12.1 Å². The molecule has 2 aromatic heterocycles. The van der Waals surface area contributed by atoms with E-state index in [9.17, 15) is 9.18 Å². The van der Waals surface area contributed by atoms with Crippen molar-refractivity contribution < 1.29 is 13.9 Å². The van der Waals surface area contributed by atoms with E-state index in [1.165, 1.54) is 41.4 Å². The van der Waals surface area contributed by atoms with Crippen molar-refractivity contribution >= 4 is 43.8 Å². The van der Waals surface area contributed by atoms with Crippen molar-refractivity contribution in [2.75, 3.05) is 12.4 Å². The zero-order chi connectivity index (χ0) is 14.8. The lowest BCUT2D eigenvalue weighted by atomic mass is 10.1. The average Bonchev–Trinajstić information content (AvgIpc) is 3.08. The number of fused-ring (bicyclic) bond motifs is 1. The molecule has 0 spiro atoms. The summed E-state index contributed by atoms with van der Waals surface area (Å²) in [5.41, 5.74) is 2.08. The Morgan fingerprint density at radius 2 is 2.33 bits per heavy atom. The Labute approximate surface area is 127 Å². The molecule has 0 unspecified atom stereocenters. The van der Waals surface area contributed by atoms with E-state index in [2.05, 4.69) is 15.5 Å². The molecular weight excluding hydrogens is 313 g/mol. The lowest BCUT2D eigenvalue weighted by Gasteiger charge is -2.03. The number of aromatic nitrogens is 2. The van der Waals surface area contributed by atoms with Crippen LogP contribution in [-0.4, -0.2) is 23.2 Å². The number of hydrogen-bond acceptors (Lipinski definition) is 6. The summed E-state index contributed by atoms with van der Waals surface area (Å²) < 4.78 is 19.8. The number of carbonyl (C=O) groups excluding carboxylic acids is 1. The zero-order valence-corrected chi connectivity index (χ0v) is 12.6. The molecule has 1 N–H and O–H groups in total. The first-order valence-corrected chi connectivity index (χ1v) is 7.66. The van der Waals surface area contributed by atoms with Gasteiger partial charge in [0.1, 0.15) is 11.3 Å². The summed E-state index contributed by atoms with van der Waals surface area (Å²) in [5, 5.41) is 10.9. The Morgan fingerprint density at radius 3 is 3.05 bits per heavy atom. The molecule has 0 atom stereocenters. The number of hydrogen-bond donors (Lipinski definition) is 1. The third kappa shape index (κ3) is 2.65. The van der Waals surface area contributed by atoms with Crippen LogP contribution in [0, 0.1) is 5.82 Å². The van der Waals surface area contributed by atoms with Crippen molar-refractivity contribution in [2.24, 2.45) is 0 Å². The van der Waals surface area contributed by atoms with Crippen LogP contribution >= 0.6 is 22.7 Å². The highest BCUT2D eigenvalue weighted by atomic mass is 32.1. The number of halogens is 1. The van der Waals surface area contributed by atoms with Gasteiger partial charge in [-0.2, -0.15) is 0 Å². The summed E-state index contributed by atoms with van der Waals surface area (Å²) in [6.45, 7) is 0.166. The first-order valence-electron chi connectivity index (χ1n) is 5.97. The van der Waals surface area contributed by atoms with Crippen LogP contribution in [0.5, 0.6) is 0 Å². The van der Waals surface area contributed by atoms with Gasteiger partial charge in [0.05, 0.1) is 11.5 Å². The highest BCUT2D eigenvalue weighted by molar-refractivity contribution is 7.21. The summed E-state index contributed by atoms with van der Waals surface area (Å²) in [4.78, 5) is 12.8. The molecular formula is C13H10FN3O2S2. The molecule has 0 bridgehead atoms. The van der Waals surface area contributed by atoms with Gasteiger partial charge in [-0.15, -0.1) is 21.5 Å². The molecule has 21 heavy (non-hydrogen) atoms. The molecule has 5 nitrogen and oxygen atoms in total. The van der Waals surface area contributed by atoms with Crippen LogP contribution in [0.2, 0.25) is 0 Å². The summed E-state index contributed by atoms with van der Waals surface area (Å²) in [6.07, 6.45) is 0. The fourth-order valence-corrected chi connectivity index (χ4v) is 3.57. The number of methoxy groups -OCH3 is 1. The Balaban J connectivity index is 2.06. The Bertz CT molecular complexity index is 786. The summed E-state index contributed by atoms with van der Waals surface area (Å²) in [5.74, 6) is -0.690. The predicted molar refractivity (Wildman–Crippen MR) is 80.4 cm³/mol. The second-order valence-corrected chi connectivity index (χ2v) is 6.04. The summed E-state index contributed by atoms with van der Waals surface area (Å²) in [7, 11) is 1.51. The standard InChI is InChI=1S/C13H10FN3O2S2/c1-19-5-7-10-8(14)3-2-4-9(10)21-11(7)12(18)16-13-17-15-6-20-13/h2-4,6H,5H2,1H3,(H,16,17,18). The summed E-state index contributed by atoms with van der Waals surface area (Å²) >= 11 is 2.45. The second kappa shape index (κ2) is 5.84. The number of amides is 1. The Kier molecular flexibility index (Phi) is 3.91. The van der Waals surface area contributed by atoms with Crippen LogP contribution in [0.25, 0.3) is 10.1 Å². The van der Waals surface area contributed by atoms with Crippen LogP contribution < -0.4 is 5.32 Å². The second-order valence-electron chi connectivity index (χ2n) is 4.15. The van der Waals surface area contributed by atoms with E-state index >= 15 is 0 Å². The van der Waals surface area contributed by atoms with E-state index in [0.29, 0.717) is 25.7 Å². The SMILES string of the molecule is COCc1c(C(=O)Nc2nncs2)sc2cccc(F)c12. The lowest BCUT2D eigenvalue weighted by molar-refractivity contribution is 0.102. The quantitative estimate of drug-likeness (QED) is 0.800. The Hall–Kier alpha value is -1.90. The molecule has 1 aromatic carbocycles.